The van der Waals surface area contributed by atoms with Gasteiger partial charge in [0, 0.05) is 11.1 Å². The van der Waals surface area contributed by atoms with E-state index in [-0.39, 0.29) is 6.04 Å². The Hall–Kier alpha value is -2.21. The van der Waals surface area contributed by atoms with E-state index in [0.29, 0.717) is 0 Å². The predicted octanol–water partition coefficient (Wildman–Crippen LogP) is 3.21. The van der Waals surface area contributed by atoms with Crippen LogP contribution in [0.1, 0.15) is 23.4 Å². The molecule has 0 radical (unpaired) electrons. The van der Waals surface area contributed by atoms with Gasteiger partial charge >= 0.3 is 0 Å². The minimum absolute atomic E-state index is 0.224. The molecule has 0 saturated heterocycles. The zero-order chi connectivity index (χ0) is 13.9. The molecule has 5 nitrogen and oxygen atoms in total. The van der Waals surface area contributed by atoms with Crippen molar-refractivity contribution in [1.29, 1.82) is 0 Å². The first-order valence-corrected chi connectivity index (χ1v) is 7.24. The summed E-state index contributed by atoms with van der Waals surface area (Å²) < 4.78 is 1.66. The Bertz CT molecular complexity index is 689. The van der Waals surface area contributed by atoms with Crippen molar-refractivity contribution < 1.29 is 0 Å². The van der Waals surface area contributed by atoms with Crippen LogP contribution in [-0.2, 0) is 0 Å². The van der Waals surface area contributed by atoms with E-state index in [1.54, 1.807) is 28.5 Å². The molecule has 0 aliphatic rings. The first-order valence-electron chi connectivity index (χ1n) is 6.36. The molecule has 0 fully saturated rings. The van der Waals surface area contributed by atoms with Crippen LogP contribution in [0, 0.1) is 6.92 Å². The Morgan fingerprint density at radius 3 is 2.95 bits per heavy atom. The van der Waals surface area contributed by atoms with Crippen LogP contribution in [0.25, 0.3) is 5.82 Å². The molecule has 1 atom stereocenters. The molecule has 20 heavy (non-hydrogen) atoms. The molecule has 3 rings (SSSR count). The minimum atomic E-state index is 0.224. The highest BCUT2D eigenvalue weighted by Crippen LogP contribution is 2.28. The first kappa shape index (κ1) is 12.8. The van der Waals surface area contributed by atoms with Gasteiger partial charge in [-0.25, -0.2) is 14.6 Å². The van der Waals surface area contributed by atoms with Gasteiger partial charge in [-0.15, -0.1) is 11.3 Å². The van der Waals surface area contributed by atoms with Crippen molar-refractivity contribution in [2.24, 2.45) is 0 Å². The summed E-state index contributed by atoms with van der Waals surface area (Å²) in [7, 11) is 0. The van der Waals surface area contributed by atoms with Crippen LogP contribution < -0.4 is 5.32 Å². The van der Waals surface area contributed by atoms with Crippen molar-refractivity contribution in [3.8, 4) is 5.82 Å². The van der Waals surface area contributed by atoms with Gasteiger partial charge in [-0.1, -0.05) is 0 Å². The molecule has 0 aliphatic heterocycles. The summed E-state index contributed by atoms with van der Waals surface area (Å²) in [5.41, 5.74) is 2.25. The van der Waals surface area contributed by atoms with Gasteiger partial charge < -0.3 is 5.32 Å². The molecule has 3 heterocycles. The summed E-state index contributed by atoms with van der Waals surface area (Å²) in [4.78, 5) is 9.68. The van der Waals surface area contributed by atoms with Crippen molar-refractivity contribution in [2.75, 3.05) is 5.32 Å². The first-order chi connectivity index (χ1) is 9.75. The van der Waals surface area contributed by atoms with E-state index in [4.69, 9.17) is 0 Å². The van der Waals surface area contributed by atoms with Gasteiger partial charge in [0.1, 0.15) is 12.7 Å². The van der Waals surface area contributed by atoms with Gasteiger partial charge in [0.2, 0.25) is 0 Å². The Morgan fingerprint density at radius 1 is 1.35 bits per heavy atom. The molecule has 3 aromatic heterocycles. The number of thiophene rings is 1. The van der Waals surface area contributed by atoms with E-state index < -0.39 is 0 Å². The average molecular weight is 285 g/mol. The zero-order valence-electron chi connectivity index (χ0n) is 11.3. The minimum Gasteiger partial charge on any atom is -0.375 e. The summed E-state index contributed by atoms with van der Waals surface area (Å²) in [6.07, 6.45) is 4.91. The second-order valence-corrected chi connectivity index (χ2v) is 5.50. The molecule has 6 heteroatoms. The lowest BCUT2D eigenvalue weighted by atomic mass is 10.2. The van der Waals surface area contributed by atoms with E-state index in [1.165, 1.54) is 16.8 Å². The number of hydrogen-bond acceptors (Lipinski definition) is 5. The highest BCUT2D eigenvalue weighted by atomic mass is 32.1. The fourth-order valence-electron chi connectivity index (χ4n) is 2.14. The molecule has 0 aliphatic carbocycles. The Kier molecular flexibility index (Phi) is 3.47. The summed E-state index contributed by atoms with van der Waals surface area (Å²) in [5.74, 6) is 0.756. The van der Waals surface area contributed by atoms with Crippen LogP contribution in [0.4, 0.5) is 5.69 Å². The average Bonchev–Trinajstić information content (AvgIpc) is 3.10. The molecule has 0 aromatic carbocycles. The van der Waals surface area contributed by atoms with Gasteiger partial charge in [-0.05, 0) is 43.0 Å². The van der Waals surface area contributed by atoms with Crippen LogP contribution in [0.2, 0.25) is 0 Å². The maximum Gasteiger partial charge on any atom is 0.178 e. The molecule has 0 saturated carbocycles. The Labute approximate surface area is 121 Å². The highest BCUT2D eigenvalue weighted by molar-refractivity contribution is 7.10. The number of anilines is 1. The molecule has 102 valence electrons. The van der Waals surface area contributed by atoms with E-state index in [1.807, 2.05) is 12.1 Å². The molecular formula is C14H15N5S. The number of hydrogen-bond donors (Lipinski definition) is 1. The van der Waals surface area contributed by atoms with Crippen LogP contribution >= 0.6 is 11.3 Å². The van der Waals surface area contributed by atoms with Crippen molar-refractivity contribution >= 4 is 17.0 Å². The van der Waals surface area contributed by atoms with Crippen LogP contribution in [-0.4, -0.2) is 19.7 Å². The quantitative estimate of drug-likeness (QED) is 0.799. The molecule has 3 aromatic rings. The lowest BCUT2D eigenvalue weighted by Crippen LogP contribution is -2.10. The van der Waals surface area contributed by atoms with Crippen molar-refractivity contribution in [1.82, 2.24) is 19.7 Å². The van der Waals surface area contributed by atoms with Crippen LogP contribution in [0.15, 0.2) is 42.4 Å². The zero-order valence-corrected chi connectivity index (χ0v) is 12.1. The van der Waals surface area contributed by atoms with Crippen molar-refractivity contribution in [3.63, 3.8) is 0 Å². The molecule has 1 unspecified atom stereocenters. The highest BCUT2D eigenvalue weighted by Gasteiger charge is 2.13. The number of aryl methyl sites for hydroxylation is 1. The van der Waals surface area contributed by atoms with Gasteiger partial charge in [0.05, 0.1) is 11.7 Å². The van der Waals surface area contributed by atoms with E-state index in [0.717, 1.165) is 11.5 Å². The Balaban J connectivity index is 1.90. The summed E-state index contributed by atoms with van der Waals surface area (Å²) in [6.45, 7) is 4.28. The van der Waals surface area contributed by atoms with Gasteiger partial charge in [0.25, 0.3) is 0 Å². The van der Waals surface area contributed by atoms with Gasteiger partial charge in [-0.2, -0.15) is 5.10 Å². The molecule has 0 spiro atoms. The smallest absolute Gasteiger partial charge is 0.178 e. The monoisotopic (exact) mass is 285 g/mol. The largest absolute Gasteiger partial charge is 0.375 e. The number of aromatic nitrogens is 4. The molecule has 1 N–H and O–H groups in total. The van der Waals surface area contributed by atoms with E-state index in [2.05, 4.69) is 45.7 Å². The van der Waals surface area contributed by atoms with E-state index >= 15 is 0 Å². The maximum absolute atomic E-state index is 4.38. The van der Waals surface area contributed by atoms with E-state index in [9.17, 15) is 0 Å². The number of nitrogens with one attached hydrogen (secondary N) is 1. The van der Waals surface area contributed by atoms with Crippen molar-refractivity contribution in [2.45, 2.75) is 19.9 Å². The van der Waals surface area contributed by atoms with Crippen molar-refractivity contribution in [3.05, 3.63) is 52.9 Å². The lowest BCUT2D eigenvalue weighted by Gasteiger charge is -2.17. The maximum atomic E-state index is 4.38. The SMILES string of the molecule is Cc1ccsc1C(C)Nc1cccnc1-n1cncn1. The second-order valence-electron chi connectivity index (χ2n) is 4.55. The third kappa shape index (κ3) is 2.42. The third-order valence-corrected chi connectivity index (χ3v) is 4.29. The number of pyridine rings is 1. The van der Waals surface area contributed by atoms with Crippen LogP contribution in [0.5, 0.6) is 0 Å². The molecular weight excluding hydrogens is 270 g/mol. The standard InChI is InChI=1S/C14H15N5S/c1-10-5-7-20-13(10)11(2)18-12-4-3-6-16-14(12)19-9-15-8-17-19/h3-9,11,18H,1-2H3. The fourth-order valence-corrected chi connectivity index (χ4v) is 3.07. The number of rotatable bonds is 4. The normalized spacial score (nSPS) is 12.3. The third-order valence-electron chi connectivity index (χ3n) is 3.09. The summed E-state index contributed by atoms with van der Waals surface area (Å²) in [5, 5.41) is 9.76. The van der Waals surface area contributed by atoms with Crippen LogP contribution in [0.3, 0.4) is 0 Å². The molecule has 0 amide bonds. The van der Waals surface area contributed by atoms with Gasteiger partial charge in [-0.3, -0.25) is 0 Å². The van der Waals surface area contributed by atoms with Gasteiger partial charge in [0.15, 0.2) is 5.82 Å². The Morgan fingerprint density at radius 2 is 2.25 bits per heavy atom. The summed E-state index contributed by atoms with van der Waals surface area (Å²) >= 11 is 1.76. The molecule has 0 bridgehead atoms. The number of nitrogens with zero attached hydrogens (tertiary/aromatic N) is 4. The predicted molar refractivity (Wildman–Crippen MR) is 80.2 cm³/mol. The topological polar surface area (TPSA) is 55.6 Å². The lowest BCUT2D eigenvalue weighted by molar-refractivity contribution is 0.831. The second kappa shape index (κ2) is 5.42. The fraction of sp³-hybridized carbons (Fsp3) is 0.214. The summed E-state index contributed by atoms with van der Waals surface area (Å²) in [6, 6.07) is 6.28.